The van der Waals surface area contributed by atoms with Crippen molar-refractivity contribution in [2.24, 2.45) is 0 Å². The average Bonchev–Trinajstić information content (AvgIpc) is 2.64. The van der Waals surface area contributed by atoms with Crippen molar-refractivity contribution in [1.82, 2.24) is 0 Å². The van der Waals surface area contributed by atoms with Gasteiger partial charge in [0, 0.05) is 25.7 Å². The fraction of sp³-hybridized carbons (Fsp3) is 0.316. The zero-order valence-electron chi connectivity index (χ0n) is 16.9. The van der Waals surface area contributed by atoms with E-state index in [0.29, 0.717) is 11.4 Å². The van der Waals surface area contributed by atoms with Gasteiger partial charge in [0.1, 0.15) is 5.82 Å². The Hall–Kier alpha value is -2.66. The standard InChI is InChI=1S/C19H24FN3O5S2/c1-22(29(2,25)26)16-9-6-8-15(14-16)21-19(24)12-7-13-23(30(3,27)28)18-11-5-4-10-17(18)20/h4-6,8-11,14H,7,12-13H2,1-3H3,(H,21,24). The SMILES string of the molecule is CN(c1cccc(NC(=O)CCCN(c2ccccc2F)S(C)(=O)=O)c1)S(C)(=O)=O. The van der Waals surface area contributed by atoms with Crippen LogP contribution < -0.4 is 13.9 Å². The number of para-hydroxylation sites is 1. The number of nitrogens with one attached hydrogen (secondary N) is 1. The van der Waals surface area contributed by atoms with Gasteiger partial charge in [0.15, 0.2) is 0 Å². The fourth-order valence-electron chi connectivity index (χ4n) is 2.70. The summed E-state index contributed by atoms with van der Waals surface area (Å²) in [7, 11) is -5.77. The summed E-state index contributed by atoms with van der Waals surface area (Å²) in [5.74, 6) is -1.05. The number of hydrogen-bond donors (Lipinski definition) is 1. The van der Waals surface area contributed by atoms with E-state index in [2.05, 4.69) is 5.32 Å². The minimum atomic E-state index is -3.73. The second-order valence-corrected chi connectivity index (χ2v) is 10.6. The smallest absolute Gasteiger partial charge is 0.232 e. The number of benzene rings is 2. The van der Waals surface area contributed by atoms with Gasteiger partial charge in [-0.2, -0.15) is 0 Å². The highest BCUT2D eigenvalue weighted by Gasteiger charge is 2.20. The van der Waals surface area contributed by atoms with E-state index < -0.39 is 25.9 Å². The number of anilines is 3. The number of sulfonamides is 2. The first kappa shape index (κ1) is 23.6. The van der Waals surface area contributed by atoms with Crippen LogP contribution in [0.5, 0.6) is 0 Å². The molecular weight excluding hydrogens is 433 g/mol. The monoisotopic (exact) mass is 457 g/mol. The lowest BCUT2D eigenvalue weighted by molar-refractivity contribution is -0.116. The van der Waals surface area contributed by atoms with Gasteiger partial charge >= 0.3 is 0 Å². The Morgan fingerprint density at radius 2 is 1.67 bits per heavy atom. The van der Waals surface area contributed by atoms with Gasteiger partial charge in [0.05, 0.1) is 23.9 Å². The molecule has 0 atom stereocenters. The molecule has 0 radical (unpaired) electrons. The third-order valence-corrected chi connectivity index (χ3v) is 6.66. The van der Waals surface area contributed by atoms with E-state index >= 15 is 0 Å². The predicted octanol–water partition coefficient (Wildman–Crippen LogP) is 2.41. The molecule has 0 fully saturated rings. The molecule has 0 aliphatic carbocycles. The number of amides is 1. The molecule has 0 bridgehead atoms. The average molecular weight is 458 g/mol. The van der Waals surface area contributed by atoms with Gasteiger partial charge in [-0.3, -0.25) is 13.4 Å². The number of carbonyl (C=O) groups is 1. The molecule has 0 aromatic heterocycles. The van der Waals surface area contributed by atoms with E-state index in [-0.39, 0.29) is 31.0 Å². The second-order valence-electron chi connectivity index (χ2n) is 6.72. The lowest BCUT2D eigenvalue weighted by atomic mass is 10.2. The van der Waals surface area contributed by atoms with Gasteiger partial charge in [-0.25, -0.2) is 21.2 Å². The maximum Gasteiger partial charge on any atom is 0.232 e. The van der Waals surface area contributed by atoms with Crippen LogP contribution in [0, 0.1) is 5.82 Å². The van der Waals surface area contributed by atoms with Crippen molar-refractivity contribution in [3.8, 4) is 0 Å². The van der Waals surface area contributed by atoms with Gasteiger partial charge in [0.25, 0.3) is 0 Å². The van der Waals surface area contributed by atoms with Crippen molar-refractivity contribution in [2.45, 2.75) is 12.8 Å². The predicted molar refractivity (Wildman–Crippen MR) is 116 cm³/mol. The molecule has 2 aromatic rings. The Labute approximate surface area is 176 Å². The summed E-state index contributed by atoms with van der Waals surface area (Å²) in [5.41, 5.74) is 0.720. The first-order valence-corrected chi connectivity index (χ1v) is 12.7. The Morgan fingerprint density at radius 3 is 2.27 bits per heavy atom. The maximum atomic E-state index is 14.0. The first-order chi connectivity index (χ1) is 13.9. The summed E-state index contributed by atoms with van der Waals surface area (Å²) in [6.45, 7) is -0.0654. The van der Waals surface area contributed by atoms with Gasteiger partial charge < -0.3 is 5.32 Å². The summed E-state index contributed by atoms with van der Waals surface area (Å²) in [6.07, 6.45) is 2.20. The third kappa shape index (κ3) is 6.42. The van der Waals surface area contributed by atoms with Crippen LogP contribution in [0.3, 0.4) is 0 Å². The Kier molecular flexibility index (Phi) is 7.43. The first-order valence-electron chi connectivity index (χ1n) is 8.95. The van der Waals surface area contributed by atoms with Crippen LogP contribution in [-0.4, -0.2) is 48.8 Å². The molecule has 0 aliphatic heterocycles. The van der Waals surface area contributed by atoms with Crippen molar-refractivity contribution >= 4 is 43.0 Å². The van der Waals surface area contributed by atoms with Crippen LogP contribution in [-0.2, 0) is 24.8 Å². The van der Waals surface area contributed by atoms with E-state index in [1.807, 2.05) is 0 Å². The minimum absolute atomic E-state index is 0.00733. The molecule has 164 valence electrons. The molecule has 1 N–H and O–H groups in total. The second kappa shape index (κ2) is 9.43. The summed E-state index contributed by atoms with van der Waals surface area (Å²) in [5, 5.41) is 2.65. The summed E-state index contributed by atoms with van der Waals surface area (Å²) >= 11 is 0. The Morgan fingerprint density at radius 1 is 1.00 bits per heavy atom. The molecule has 1 amide bonds. The summed E-state index contributed by atoms with van der Waals surface area (Å²) < 4.78 is 63.4. The normalized spacial score (nSPS) is 11.7. The van der Waals surface area contributed by atoms with Crippen molar-refractivity contribution in [3.05, 3.63) is 54.3 Å². The van der Waals surface area contributed by atoms with E-state index in [1.165, 1.54) is 37.4 Å². The lowest BCUT2D eigenvalue weighted by Gasteiger charge is -2.22. The van der Waals surface area contributed by atoms with E-state index in [0.717, 1.165) is 21.1 Å². The highest BCUT2D eigenvalue weighted by molar-refractivity contribution is 7.92. The molecule has 0 unspecified atom stereocenters. The highest BCUT2D eigenvalue weighted by Crippen LogP contribution is 2.23. The van der Waals surface area contributed by atoms with E-state index in [4.69, 9.17) is 0 Å². The van der Waals surface area contributed by atoms with Crippen molar-refractivity contribution < 1.29 is 26.0 Å². The molecule has 2 rings (SSSR count). The molecule has 0 saturated heterocycles. The quantitative estimate of drug-likeness (QED) is 0.623. The maximum absolute atomic E-state index is 14.0. The van der Waals surface area contributed by atoms with E-state index in [1.54, 1.807) is 18.2 Å². The minimum Gasteiger partial charge on any atom is -0.326 e. The van der Waals surface area contributed by atoms with Crippen LogP contribution >= 0.6 is 0 Å². The molecule has 11 heteroatoms. The van der Waals surface area contributed by atoms with Gasteiger partial charge in [-0.1, -0.05) is 18.2 Å². The summed E-state index contributed by atoms with van der Waals surface area (Å²) in [6, 6.07) is 11.8. The fourth-order valence-corrected chi connectivity index (χ4v) is 4.16. The number of nitrogens with zero attached hydrogens (tertiary/aromatic N) is 2. The molecule has 8 nitrogen and oxygen atoms in total. The summed E-state index contributed by atoms with van der Waals surface area (Å²) in [4.78, 5) is 12.2. The largest absolute Gasteiger partial charge is 0.326 e. The van der Waals surface area contributed by atoms with Crippen molar-refractivity contribution in [2.75, 3.05) is 40.0 Å². The lowest BCUT2D eigenvalue weighted by Crippen LogP contribution is -2.32. The van der Waals surface area contributed by atoms with Crippen LogP contribution in [0.15, 0.2) is 48.5 Å². The Bertz CT molecular complexity index is 1120. The molecular formula is C19H24FN3O5S2. The van der Waals surface area contributed by atoms with Gasteiger partial charge in [-0.05, 0) is 36.8 Å². The highest BCUT2D eigenvalue weighted by atomic mass is 32.2. The van der Waals surface area contributed by atoms with Crippen LogP contribution in [0.2, 0.25) is 0 Å². The van der Waals surface area contributed by atoms with Crippen molar-refractivity contribution in [1.29, 1.82) is 0 Å². The van der Waals surface area contributed by atoms with Gasteiger partial charge in [0.2, 0.25) is 26.0 Å². The Balaban J connectivity index is 2.01. The molecule has 0 saturated carbocycles. The van der Waals surface area contributed by atoms with Crippen LogP contribution in [0.25, 0.3) is 0 Å². The molecule has 0 spiro atoms. The zero-order chi connectivity index (χ0) is 22.5. The zero-order valence-corrected chi connectivity index (χ0v) is 18.5. The number of hydrogen-bond acceptors (Lipinski definition) is 5. The topological polar surface area (TPSA) is 104 Å². The van der Waals surface area contributed by atoms with E-state index in [9.17, 15) is 26.0 Å². The van der Waals surface area contributed by atoms with Crippen LogP contribution in [0.1, 0.15) is 12.8 Å². The number of carbonyl (C=O) groups excluding carboxylic acids is 1. The third-order valence-electron chi connectivity index (χ3n) is 4.28. The molecule has 0 aliphatic rings. The molecule has 0 heterocycles. The van der Waals surface area contributed by atoms with Crippen molar-refractivity contribution in [3.63, 3.8) is 0 Å². The molecule has 2 aromatic carbocycles. The number of halogens is 1. The van der Waals surface area contributed by atoms with Crippen LogP contribution in [0.4, 0.5) is 21.5 Å². The molecule has 30 heavy (non-hydrogen) atoms. The number of rotatable bonds is 9. The van der Waals surface area contributed by atoms with Gasteiger partial charge in [-0.15, -0.1) is 0 Å².